The molecule has 3 aromatic rings. The molecule has 1 amide bonds. The molecule has 0 radical (unpaired) electrons. The zero-order chi connectivity index (χ0) is 24.3. The van der Waals surface area contributed by atoms with Gasteiger partial charge in [-0.1, -0.05) is 52.2 Å². The van der Waals surface area contributed by atoms with E-state index in [1.54, 1.807) is 36.4 Å². The van der Waals surface area contributed by atoms with E-state index in [1.165, 1.54) is 13.2 Å². The molecule has 3 rings (SSSR count). The molecule has 0 saturated carbocycles. The number of anilines is 1. The van der Waals surface area contributed by atoms with Crippen LogP contribution in [-0.4, -0.2) is 19.6 Å². The SMILES string of the molecule is C#CCOc1cc(Br)c(/C=C(\C#N)C(=O)Nc2ccc(OCc3ccccc3)cc2)cc1OC. The number of amides is 1. The minimum absolute atomic E-state index is 0.0792. The maximum Gasteiger partial charge on any atom is 0.266 e. The van der Waals surface area contributed by atoms with E-state index in [-0.39, 0.29) is 12.2 Å². The van der Waals surface area contributed by atoms with Crippen LogP contribution < -0.4 is 19.5 Å². The lowest BCUT2D eigenvalue weighted by Gasteiger charge is -2.11. The van der Waals surface area contributed by atoms with Gasteiger partial charge in [0.15, 0.2) is 11.5 Å². The van der Waals surface area contributed by atoms with E-state index in [9.17, 15) is 10.1 Å². The topological polar surface area (TPSA) is 80.6 Å². The molecule has 0 aliphatic rings. The van der Waals surface area contributed by atoms with Gasteiger partial charge >= 0.3 is 0 Å². The summed E-state index contributed by atoms with van der Waals surface area (Å²) >= 11 is 3.43. The van der Waals surface area contributed by atoms with Crippen LogP contribution >= 0.6 is 15.9 Å². The Kier molecular flexibility index (Phi) is 8.73. The molecule has 34 heavy (non-hydrogen) atoms. The first-order valence-electron chi connectivity index (χ1n) is 10.2. The third kappa shape index (κ3) is 6.65. The van der Waals surface area contributed by atoms with E-state index in [4.69, 9.17) is 20.6 Å². The van der Waals surface area contributed by atoms with Crippen LogP contribution in [0.4, 0.5) is 5.69 Å². The van der Waals surface area contributed by atoms with Crippen LogP contribution in [0.15, 0.2) is 76.8 Å². The second-order valence-electron chi connectivity index (χ2n) is 6.94. The molecular weight excluding hydrogens is 496 g/mol. The minimum Gasteiger partial charge on any atom is -0.493 e. The van der Waals surface area contributed by atoms with Gasteiger partial charge in [0.25, 0.3) is 5.91 Å². The lowest BCUT2D eigenvalue weighted by molar-refractivity contribution is -0.112. The number of rotatable bonds is 9. The van der Waals surface area contributed by atoms with Crippen LogP contribution in [0.3, 0.4) is 0 Å². The summed E-state index contributed by atoms with van der Waals surface area (Å²) in [4.78, 5) is 12.7. The molecule has 0 atom stereocenters. The second kappa shape index (κ2) is 12.2. The van der Waals surface area contributed by atoms with E-state index in [2.05, 4.69) is 27.2 Å². The average Bonchev–Trinajstić information content (AvgIpc) is 2.87. The summed E-state index contributed by atoms with van der Waals surface area (Å²) in [5, 5.41) is 12.3. The average molecular weight is 517 g/mol. The molecule has 0 bridgehead atoms. The fourth-order valence-corrected chi connectivity index (χ4v) is 3.37. The van der Waals surface area contributed by atoms with Crippen molar-refractivity contribution in [3.63, 3.8) is 0 Å². The van der Waals surface area contributed by atoms with Crippen molar-refractivity contribution in [1.82, 2.24) is 0 Å². The minimum atomic E-state index is -0.543. The third-order valence-corrected chi connectivity index (χ3v) is 5.31. The van der Waals surface area contributed by atoms with Gasteiger partial charge in [-0.15, -0.1) is 6.42 Å². The molecular formula is C27H21BrN2O4. The highest BCUT2D eigenvalue weighted by Gasteiger charge is 2.14. The van der Waals surface area contributed by atoms with Crippen molar-refractivity contribution in [2.75, 3.05) is 19.0 Å². The maximum atomic E-state index is 12.7. The zero-order valence-corrected chi connectivity index (χ0v) is 20.0. The number of nitrogens with one attached hydrogen (secondary N) is 1. The summed E-state index contributed by atoms with van der Waals surface area (Å²) in [5.74, 6) is 3.39. The van der Waals surface area contributed by atoms with Crippen LogP contribution in [0, 0.1) is 23.7 Å². The number of ether oxygens (including phenoxy) is 3. The molecule has 7 heteroatoms. The van der Waals surface area contributed by atoms with Crippen LogP contribution in [0.1, 0.15) is 11.1 Å². The number of carbonyl (C=O) groups excluding carboxylic acids is 1. The lowest BCUT2D eigenvalue weighted by Crippen LogP contribution is -2.13. The molecule has 0 aromatic heterocycles. The second-order valence-corrected chi connectivity index (χ2v) is 7.79. The summed E-state index contributed by atoms with van der Waals surface area (Å²) in [7, 11) is 1.49. The number of hydrogen-bond acceptors (Lipinski definition) is 5. The molecule has 0 heterocycles. The Balaban J connectivity index is 1.69. The molecule has 1 N–H and O–H groups in total. The number of methoxy groups -OCH3 is 1. The molecule has 6 nitrogen and oxygen atoms in total. The summed E-state index contributed by atoms with van der Waals surface area (Å²) in [6.07, 6.45) is 6.70. The molecule has 0 fully saturated rings. The number of carbonyl (C=O) groups is 1. The van der Waals surface area contributed by atoms with Gasteiger partial charge in [0.2, 0.25) is 0 Å². The predicted octanol–water partition coefficient (Wildman–Crippen LogP) is 5.59. The van der Waals surface area contributed by atoms with E-state index < -0.39 is 5.91 Å². The lowest BCUT2D eigenvalue weighted by atomic mass is 10.1. The van der Waals surface area contributed by atoms with Crippen molar-refractivity contribution >= 4 is 33.6 Å². The summed E-state index contributed by atoms with van der Waals surface area (Å²) in [6.45, 7) is 0.526. The molecule has 0 unspecified atom stereocenters. The fraction of sp³-hybridized carbons (Fsp3) is 0.111. The Labute approximate surface area is 206 Å². The van der Waals surface area contributed by atoms with Gasteiger partial charge in [0.1, 0.15) is 30.6 Å². The van der Waals surface area contributed by atoms with Gasteiger partial charge < -0.3 is 19.5 Å². The van der Waals surface area contributed by atoms with Gasteiger partial charge in [-0.2, -0.15) is 5.26 Å². The van der Waals surface area contributed by atoms with Crippen LogP contribution in [0.25, 0.3) is 6.08 Å². The van der Waals surface area contributed by atoms with Crippen molar-refractivity contribution in [2.45, 2.75) is 6.61 Å². The Morgan fingerprint density at radius 3 is 2.47 bits per heavy atom. The number of benzene rings is 3. The molecule has 3 aromatic carbocycles. The highest BCUT2D eigenvalue weighted by atomic mass is 79.9. The first-order chi connectivity index (χ1) is 16.5. The van der Waals surface area contributed by atoms with Crippen molar-refractivity contribution < 1.29 is 19.0 Å². The number of nitriles is 1. The van der Waals surface area contributed by atoms with Gasteiger partial charge in [-0.25, -0.2) is 0 Å². The Morgan fingerprint density at radius 2 is 1.82 bits per heavy atom. The van der Waals surface area contributed by atoms with Gasteiger partial charge in [-0.05, 0) is 53.6 Å². The van der Waals surface area contributed by atoms with Crippen molar-refractivity contribution in [1.29, 1.82) is 5.26 Å². The summed E-state index contributed by atoms with van der Waals surface area (Å²) in [6, 6.07) is 22.0. The van der Waals surface area contributed by atoms with Gasteiger partial charge in [-0.3, -0.25) is 4.79 Å². The summed E-state index contributed by atoms with van der Waals surface area (Å²) in [5.41, 5.74) is 2.08. The monoisotopic (exact) mass is 516 g/mol. The van der Waals surface area contributed by atoms with Crippen LogP contribution in [-0.2, 0) is 11.4 Å². The normalized spacial score (nSPS) is 10.5. The Bertz CT molecular complexity index is 1260. The zero-order valence-electron chi connectivity index (χ0n) is 18.4. The van der Waals surface area contributed by atoms with Crippen LogP contribution in [0.2, 0.25) is 0 Å². The number of halogens is 1. The van der Waals surface area contributed by atoms with Crippen molar-refractivity contribution in [3.05, 3.63) is 87.9 Å². The van der Waals surface area contributed by atoms with Crippen molar-refractivity contribution in [3.8, 4) is 35.7 Å². The molecule has 170 valence electrons. The molecule has 0 aliphatic carbocycles. The third-order valence-electron chi connectivity index (χ3n) is 4.62. The maximum absolute atomic E-state index is 12.7. The number of nitrogens with zero attached hydrogens (tertiary/aromatic N) is 1. The largest absolute Gasteiger partial charge is 0.493 e. The van der Waals surface area contributed by atoms with E-state index in [1.807, 2.05) is 36.4 Å². The quantitative estimate of drug-likeness (QED) is 0.227. The summed E-state index contributed by atoms with van der Waals surface area (Å²) < 4.78 is 17.2. The van der Waals surface area contributed by atoms with Gasteiger partial charge in [0, 0.05) is 10.2 Å². The van der Waals surface area contributed by atoms with E-state index >= 15 is 0 Å². The Hall–Kier alpha value is -4.20. The van der Waals surface area contributed by atoms with E-state index in [0.717, 1.165) is 5.56 Å². The molecule has 0 saturated heterocycles. The van der Waals surface area contributed by atoms with E-state index in [0.29, 0.717) is 39.6 Å². The fourth-order valence-electron chi connectivity index (χ4n) is 2.93. The Morgan fingerprint density at radius 1 is 1.09 bits per heavy atom. The highest BCUT2D eigenvalue weighted by molar-refractivity contribution is 9.10. The first kappa shape index (κ1) is 24.4. The van der Waals surface area contributed by atoms with Crippen molar-refractivity contribution in [2.24, 2.45) is 0 Å². The predicted molar refractivity (Wildman–Crippen MR) is 134 cm³/mol. The standard InChI is InChI=1S/C27H21BrN2O4/c1-3-13-33-26-16-24(28)20(15-25(26)32-2)14-21(17-29)27(31)30-22-9-11-23(12-10-22)34-18-19-7-5-4-6-8-19/h1,4-12,14-16H,13,18H2,2H3,(H,30,31)/b21-14+. The molecule has 0 aliphatic heterocycles. The first-order valence-corrected chi connectivity index (χ1v) is 11.0. The number of hydrogen-bond donors (Lipinski definition) is 1. The smallest absolute Gasteiger partial charge is 0.266 e. The van der Waals surface area contributed by atoms with Crippen LogP contribution in [0.5, 0.6) is 17.2 Å². The van der Waals surface area contributed by atoms with Gasteiger partial charge in [0.05, 0.1) is 7.11 Å². The number of terminal acetylenes is 1. The molecule has 0 spiro atoms. The highest BCUT2D eigenvalue weighted by Crippen LogP contribution is 2.34.